The third kappa shape index (κ3) is 5.37. The second-order valence-corrected chi connectivity index (χ2v) is 4.80. The number of hydrogen-bond acceptors (Lipinski definition) is 6. The Morgan fingerprint density at radius 1 is 1.29 bits per heavy atom. The van der Waals surface area contributed by atoms with E-state index in [4.69, 9.17) is 0 Å². The summed E-state index contributed by atoms with van der Waals surface area (Å²) in [7, 11) is 0. The lowest BCUT2D eigenvalue weighted by molar-refractivity contribution is -0.119. The number of carbonyl (C=O) groups is 1. The molecule has 0 spiro atoms. The number of aromatic amines is 2. The van der Waals surface area contributed by atoms with Gasteiger partial charge in [-0.3, -0.25) is 14.6 Å². The molecule has 0 aliphatic carbocycles. The zero-order valence-electron chi connectivity index (χ0n) is 12.9. The molecule has 0 aliphatic heterocycles. The number of nitrogens with zero attached hydrogens (tertiary/aromatic N) is 2. The van der Waals surface area contributed by atoms with Gasteiger partial charge < -0.3 is 5.32 Å². The van der Waals surface area contributed by atoms with Crippen LogP contribution in [0, 0.1) is 0 Å². The van der Waals surface area contributed by atoms with Gasteiger partial charge in [0, 0.05) is 0 Å². The van der Waals surface area contributed by atoms with Crippen LogP contribution in [0.3, 0.4) is 0 Å². The number of amides is 1. The second-order valence-electron chi connectivity index (χ2n) is 4.80. The van der Waals surface area contributed by atoms with Gasteiger partial charge in [-0.15, -0.1) is 5.10 Å². The van der Waals surface area contributed by atoms with Crippen molar-refractivity contribution in [2.75, 3.05) is 11.9 Å². The summed E-state index contributed by atoms with van der Waals surface area (Å²) in [5.74, 6) is -0.625. The number of aromatic nitrogens is 3. The Morgan fingerprint density at radius 3 is 2.75 bits per heavy atom. The normalized spacial score (nSPS) is 11.5. The SMILES string of the molecule is CC(=C/c1ccccc1)/C=N/NC(=O)CNc1n[nH]c(=O)[nH]c1=O. The average Bonchev–Trinajstić information content (AvgIpc) is 2.55. The summed E-state index contributed by atoms with van der Waals surface area (Å²) in [6.45, 7) is 1.63. The quantitative estimate of drug-likeness (QED) is 0.440. The van der Waals surface area contributed by atoms with Crippen LogP contribution in [0.4, 0.5) is 5.82 Å². The fourth-order valence-electron chi connectivity index (χ4n) is 1.73. The summed E-state index contributed by atoms with van der Waals surface area (Å²) in [5.41, 5.74) is 2.76. The molecule has 9 nitrogen and oxygen atoms in total. The van der Waals surface area contributed by atoms with E-state index in [0.29, 0.717) is 0 Å². The van der Waals surface area contributed by atoms with Crippen LogP contribution in [0.1, 0.15) is 12.5 Å². The molecule has 1 aromatic carbocycles. The molecule has 1 heterocycles. The van der Waals surface area contributed by atoms with Crippen LogP contribution >= 0.6 is 0 Å². The lowest BCUT2D eigenvalue weighted by atomic mass is 10.1. The first-order valence-electron chi connectivity index (χ1n) is 7.03. The predicted octanol–water partition coefficient (Wildman–Crippen LogP) is 0.0756. The Hall–Kier alpha value is -3.49. The summed E-state index contributed by atoms with van der Waals surface area (Å²) in [4.78, 5) is 35.8. The smallest absolute Gasteiger partial charge is 0.342 e. The van der Waals surface area contributed by atoms with Gasteiger partial charge in [-0.25, -0.2) is 15.3 Å². The highest BCUT2D eigenvalue weighted by Gasteiger charge is 2.04. The number of rotatable bonds is 6. The van der Waals surface area contributed by atoms with E-state index in [1.54, 1.807) is 0 Å². The number of H-pyrrole nitrogens is 2. The highest BCUT2D eigenvalue weighted by molar-refractivity contribution is 5.86. The minimum absolute atomic E-state index is 0.158. The number of benzene rings is 1. The van der Waals surface area contributed by atoms with Crippen LogP contribution in [-0.4, -0.2) is 33.8 Å². The van der Waals surface area contributed by atoms with Gasteiger partial charge in [-0.1, -0.05) is 36.4 Å². The van der Waals surface area contributed by atoms with Crippen LogP contribution in [0.15, 0.2) is 50.6 Å². The van der Waals surface area contributed by atoms with Gasteiger partial charge in [0.1, 0.15) is 0 Å². The summed E-state index contributed by atoms with van der Waals surface area (Å²) in [6, 6.07) is 9.69. The zero-order valence-corrected chi connectivity index (χ0v) is 12.9. The van der Waals surface area contributed by atoms with Crippen molar-refractivity contribution >= 4 is 24.0 Å². The zero-order chi connectivity index (χ0) is 17.4. The largest absolute Gasteiger partial charge is 0.355 e. The molecule has 4 N–H and O–H groups in total. The third-order valence-electron chi connectivity index (χ3n) is 2.78. The first kappa shape index (κ1) is 16.9. The van der Waals surface area contributed by atoms with Crippen LogP contribution in [0.25, 0.3) is 6.08 Å². The Kier molecular flexibility index (Phi) is 5.78. The van der Waals surface area contributed by atoms with Gasteiger partial charge in [0.2, 0.25) is 5.82 Å². The maximum atomic E-state index is 11.6. The first-order valence-corrected chi connectivity index (χ1v) is 7.03. The standard InChI is InChI=1S/C15H16N6O3/c1-10(7-11-5-3-2-4-6-11)8-17-19-12(22)9-16-13-14(23)18-15(24)21-20-13/h2-8H,9H2,1H3,(H,16,20)(H,19,22)(H2,18,21,23,24)/b10-7-,17-8+. The number of anilines is 1. The number of hydrogen-bond donors (Lipinski definition) is 4. The monoisotopic (exact) mass is 328 g/mol. The molecule has 0 saturated heterocycles. The topological polar surface area (TPSA) is 132 Å². The van der Waals surface area contributed by atoms with E-state index in [-0.39, 0.29) is 12.4 Å². The summed E-state index contributed by atoms with van der Waals surface area (Å²) in [6.07, 6.45) is 3.42. The number of hydrazone groups is 1. The Labute approximate surface area is 136 Å². The van der Waals surface area contributed by atoms with Crippen molar-refractivity contribution in [1.29, 1.82) is 0 Å². The molecule has 1 amide bonds. The molecule has 0 unspecified atom stereocenters. The van der Waals surface area contributed by atoms with Crippen LogP contribution in [0.2, 0.25) is 0 Å². The van der Waals surface area contributed by atoms with Gasteiger partial charge in [-0.2, -0.15) is 5.10 Å². The van der Waals surface area contributed by atoms with E-state index in [0.717, 1.165) is 11.1 Å². The lowest BCUT2D eigenvalue weighted by Crippen LogP contribution is -2.31. The molecule has 9 heteroatoms. The molecule has 0 saturated carbocycles. The fourth-order valence-corrected chi connectivity index (χ4v) is 1.73. The van der Waals surface area contributed by atoms with E-state index >= 15 is 0 Å². The van der Waals surface area contributed by atoms with Gasteiger partial charge in [-0.05, 0) is 18.1 Å². The predicted molar refractivity (Wildman–Crippen MR) is 90.7 cm³/mol. The van der Waals surface area contributed by atoms with Crippen LogP contribution < -0.4 is 22.0 Å². The van der Waals surface area contributed by atoms with Crippen molar-refractivity contribution in [3.05, 3.63) is 62.3 Å². The highest BCUT2D eigenvalue weighted by Crippen LogP contribution is 2.04. The van der Waals surface area contributed by atoms with E-state index in [1.165, 1.54) is 6.21 Å². The minimum Gasteiger partial charge on any atom is -0.355 e. The van der Waals surface area contributed by atoms with E-state index < -0.39 is 17.2 Å². The molecule has 124 valence electrons. The van der Waals surface area contributed by atoms with Gasteiger partial charge in [0.15, 0.2) is 0 Å². The summed E-state index contributed by atoms with van der Waals surface area (Å²) >= 11 is 0. The van der Waals surface area contributed by atoms with Gasteiger partial charge in [0.05, 0.1) is 12.8 Å². The number of nitrogens with one attached hydrogen (secondary N) is 4. The molecule has 2 aromatic rings. The minimum atomic E-state index is -0.722. The Morgan fingerprint density at radius 2 is 2.04 bits per heavy atom. The molecular formula is C15H16N6O3. The van der Waals surface area contributed by atoms with Crippen molar-refractivity contribution in [2.45, 2.75) is 6.92 Å². The summed E-state index contributed by atoms with van der Waals surface area (Å²) in [5, 5.41) is 11.9. The lowest BCUT2D eigenvalue weighted by Gasteiger charge is -2.02. The number of carbonyl (C=O) groups excluding carboxylic acids is 1. The van der Waals surface area contributed by atoms with Gasteiger partial charge >= 0.3 is 5.69 Å². The molecule has 0 atom stereocenters. The number of allylic oxidation sites excluding steroid dienone is 1. The van der Waals surface area contributed by atoms with Gasteiger partial charge in [0.25, 0.3) is 11.5 Å². The van der Waals surface area contributed by atoms with E-state index in [1.807, 2.05) is 48.3 Å². The van der Waals surface area contributed by atoms with Crippen molar-refractivity contribution in [1.82, 2.24) is 20.6 Å². The third-order valence-corrected chi connectivity index (χ3v) is 2.78. The molecule has 0 aliphatic rings. The van der Waals surface area contributed by atoms with Crippen molar-refractivity contribution in [3.8, 4) is 0 Å². The maximum absolute atomic E-state index is 11.6. The highest BCUT2D eigenvalue weighted by atomic mass is 16.2. The van der Waals surface area contributed by atoms with Crippen LogP contribution in [-0.2, 0) is 4.79 Å². The van der Waals surface area contributed by atoms with Crippen molar-refractivity contribution in [2.24, 2.45) is 5.10 Å². The van der Waals surface area contributed by atoms with Crippen molar-refractivity contribution < 1.29 is 4.79 Å². The first-order chi connectivity index (χ1) is 11.5. The molecule has 1 aromatic heterocycles. The van der Waals surface area contributed by atoms with E-state index in [2.05, 4.69) is 26.0 Å². The molecule has 0 fully saturated rings. The molecule has 0 bridgehead atoms. The fraction of sp³-hybridized carbons (Fsp3) is 0.133. The molecule has 2 rings (SSSR count). The maximum Gasteiger partial charge on any atom is 0.342 e. The molecule has 24 heavy (non-hydrogen) atoms. The Bertz CT molecular complexity index is 867. The summed E-state index contributed by atoms with van der Waals surface area (Å²) < 4.78 is 0. The van der Waals surface area contributed by atoms with Crippen molar-refractivity contribution in [3.63, 3.8) is 0 Å². The Balaban J connectivity index is 1.83. The molecular weight excluding hydrogens is 312 g/mol. The van der Waals surface area contributed by atoms with E-state index in [9.17, 15) is 14.4 Å². The van der Waals surface area contributed by atoms with Crippen LogP contribution in [0.5, 0.6) is 0 Å². The average molecular weight is 328 g/mol. The second kappa shape index (κ2) is 8.22. The molecule has 0 radical (unpaired) electrons.